The first-order chi connectivity index (χ1) is 19.3. The largest absolute Gasteiger partial charge is 0.338 e. The summed E-state index contributed by atoms with van der Waals surface area (Å²) in [5.74, 6) is -0.156. The zero-order chi connectivity index (χ0) is 28.4. The molecular weight excluding hydrogens is 526 g/mol. The van der Waals surface area contributed by atoms with Crippen LogP contribution in [-0.4, -0.2) is 41.5 Å². The SMILES string of the molecule is O=C(CCN(Cc1ccccc1)S(=O)(=O)c1ccc([N+](=O)[O-])cc1)N(CCc1ccccc1)Cc1ccccc1. The first kappa shape index (κ1) is 28.7. The molecule has 0 aliphatic carbocycles. The number of amides is 1. The van der Waals surface area contributed by atoms with Crippen molar-refractivity contribution < 1.29 is 18.1 Å². The van der Waals surface area contributed by atoms with Gasteiger partial charge in [-0.25, -0.2) is 8.42 Å². The number of hydrogen-bond acceptors (Lipinski definition) is 5. The van der Waals surface area contributed by atoms with E-state index >= 15 is 0 Å². The van der Waals surface area contributed by atoms with E-state index in [0.717, 1.165) is 16.7 Å². The molecule has 1 amide bonds. The van der Waals surface area contributed by atoms with Gasteiger partial charge >= 0.3 is 0 Å². The molecule has 0 fully saturated rings. The normalized spacial score (nSPS) is 11.3. The number of benzene rings is 4. The maximum absolute atomic E-state index is 13.6. The Morgan fingerprint density at radius 2 is 1.18 bits per heavy atom. The molecule has 0 radical (unpaired) electrons. The molecule has 0 bridgehead atoms. The van der Waals surface area contributed by atoms with Crippen molar-refractivity contribution in [1.29, 1.82) is 0 Å². The van der Waals surface area contributed by atoms with Gasteiger partial charge in [0.1, 0.15) is 0 Å². The average molecular weight is 558 g/mol. The van der Waals surface area contributed by atoms with E-state index in [-0.39, 0.29) is 36.0 Å². The molecular formula is C31H31N3O5S. The van der Waals surface area contributed by atoms with E-state index in [1.807, 2.05) is 91.0 Å². The molecule has 0 atom stereocenters. The van der Waals surface area contributed by atoms with Gasteiger partial charge in [0.2, 0.25) is 15.9 Å². The third-order valence-electron chi connectivity index (χ3n) is 6.54. The highest BCUT2D eigenvalue weighted by Gasteiger charge is 2.27. The van der Waals surface area contributed by atoms with Gasteiger partial charge in [0.05, 0.1) is 9.82 Å². The Hall–Kier alpha value is -4.34. The zero-order valence-corrected chi connectivity index (χ0v) is 22.8. The summed E-state index contributed by atoms with van der Waals surface area (Å²) in [5, 5.41) is 11.1. The molecule has 0 saturated carbocycles. The van der Waals surface area contributed by atoms with Crippen molar-refractivity contribution in [2.24, 2.45) is 0 Å². The van der Waals surface area contributed by atoms with Crippen LogP contribution in [0.3, 0.4) is 0 Å². The number of nitrogens with zero attached hydrogens (tertiary/aromatic N) is 3. The molecule has 4 aromatic carbocycles. The van der Waals surface area contributed by atoms with E-state index in [4.69, 9.17) is 0 Å². The van der Waals surface area contributed by atoms with Gasteiger partial charge in [-0.15, -0.1) is 0 Å². The minimum atomic E-state index is -4.04. The van der Waals surface area contributed by atoms with Crippen molar-refractivity contribution in [1.82, 2.24) is 9.21 Å². The Labute approximate surface area is 234 Å². The lowest BCUT2D eigenvalue weighted by molar-refractivity contribution is -0.384. The second kappa shape index (κ2) is 13.6. The van der Waals surface area contributed by atoms with Gasteiger partial charge in [-0.2, -0.15) is 4.31 Å². The number of nitro benzene ring substituents is 1. The predicted molar refractivity (Wildman–Crippen MR) is 154 cm³/mol. The number of rotatable bonds is 13. The van der Waals surface area contributed by atoms with Gasteiger partial charge in [0.25, 0.3) is 5.69 Å². The third kappa shape index (κ3) is 7.84. The maximum Gasteiger partial charge on any atom is 0.269 e. The van der Waals surface area contributed by atoms with Crippen LogP contribution in [0.5, 0.6) is 0 Å². The van der Waals surface area contributed by atoms with Crippen LogP contribution in [0.15, 0.2) is 120 Å². The summed E-state index contributed by atoms with van der Waals surface area (Å²) in [6.07, 6.45) is 0.662. The Kier molecular flexibility index (Phi) is 9.77. The summed E-state index contributed by atoms with van der Waals surface area (Å²) in [7, 11) is -4.04. The molecule has 0 unspecified atom stereocenters. The van der Waals surface area contributed by atoms with Crippen molar-refractivity contribution in [2.75, 3.05) is 13.1 Å². The number of nitro groups is 1. The van der Waals surface area contributed by atoms with Gasteiger partial charge in [0.15, 0.2) is 0 Å². The molecule has 0 aliphatic rings. The summed E-state index contributed by atoms with van der Waals surface area (Å²) in [6, 6.07) is 33.5. The molecule has 4 aromatic rings. The maximum atomic E-state index is 13.6. The smallest absolute Gasteiger partial charge is 0.269 e. The van der Waals surface area contributed by atoms with Crippen LogP contribution < -0.4 is 0 Å². The number of carbonyl (C=O) groups excluding carboxylic acids is 1. The van der Waals surface area contributed by atoms with Crippen molar-refractivity contribution in [3.05, 3.63) is 142 Å². The Balaban J connectivity index is 1.54. The van der Waals surface area contributed by atoms with Crippen molar-refractivity contribution in [2.45, 2.75) is 30.8 Å². The number of non-ortho nitro benzene ring substituents is 1. The summed E-state index contributed by atoms with van der Waals surface area (Å²) in [6.45, 7) is 0.936. The second-order valence-electron chi connectivity index (χ2n) is 9.36. The fourth-order valence-electron chi connectivity index (χ4n) is 4.34. The lowest BCUT2D eigenvalue weighted by atomic mass is 10.1. The monoisotopic (exact) mass is 557 g/mol. The lowest BCUT2D eigenvalue weighted by Gasteiger charge is -2.26. The van der Waals surface area contributed by atoms with Crippen LogP contribution in [-0.2, 0) is 34.3 Å². The molecule has 4 rings (SSSR count). The van der Waals surface area contributed by atoms with Gasteiger partial charge in [-0.1, -0.05) is 91.0 Å². The van der Waals surface area contributed by atoms with Gasteiger partial charge < -0.3 is 4.90 Å². The second-order valence-corrected chi connectivity index (χ2v) is 11.3. The number of hydrogen-bond donors (Lipinski definition) is 0. The molecule has 0 heterocycles. The summed E-state index contributed by atoms with van der Waals surface area (Å²) in [4.78, 5) is 25.7. The molecule has 0 N–H and O–H groups in total. The van der Waals surface area contributed by atoms with Crippen LogP contribution in [0.4, 0.5) is 5.69 Å². The van der Waals surface area contributed by atoms with Gasteiger partial charge in [-0.05, 0) is 35.2 Å². The van der Waals surface area contributed by atoms with E-state index in [2.05, 4.69) is 0 Å². The molecule has 0 aromatic heterocycles. The summed E-state index contributed by atoms with van der Waals surface area (Å²) in [5.41, 5.74) is 2.67. The number of sulfonamides is 1. The molecule has 40 heavy (non-hydrogen) atoms. The lowest BCUT2D eigenvalue weighted by Crippen LogP contribution is -2.37. The average Bonchev–Trinajstić information content (AvgIpc) is 2.98. The Morgan fingerprint density at radius 1 is 0.675 bits per heavy atom. The minimum absolute atomic E-state index is 0.0132. The van der Waals surface area contributed by atoms with Gasteiger partial charge in [0, 0.05) is 44.7 Å². The molecule has 8 nitrogen and oxygen atoms in total. The zero-order valence-electron chi connectivity index (χ0n) is 22.0. The van der Waals surface area contributed by atoms with E-state index < -0.39 is 14.9 Å². The molecule has 0 spiro atoms. The van der Waals surface area contributed by atoms with E-state index in [1.54, 1.807) is 4.90 Å². The van der Waals surface area contributed by atoms with Crippen LogP contribution in [0, 0.1) is 10.1 Å². The minimum Gasteiger partial charge on any atom is -0.338 e. The quantitative estimate of drug-likeness (QED) is 0.161. The van der Waals surface area contributed by atoms with Crippen LogP contribution in [0.1, 0.15) is 23.1 Å². The van der Waals surface area contributed by atoms with Crippen LogP contribution in [0.25, 0.3) is 0 Å². The van der Waals surface area contributed by atoms with E-state index in [0.29, 0.717) is 19.5 Å². The highest BCUT2D eigenvalue weighted by atomic mass is 32.2. The highest BCUT2D eigenvalue weighted by Crippen LogP contribution is 2.22. The Morgan fingerprint density at radius 3 is 1.70 bits per heavy atom. The van der Waals surface area contributed by atoms with Gasteiger partial charge in [-0.3, -0.25) is 14.9 Å². The topological polar surface area (TPSA) is 101 Å². The molecule has 9 heteroatoms. The summed E-state index contributed by atoms with van der Waals surface area (Å²) >= 11 is 0. The van der Waals surface area contributed by atoms with Crippen molar-refractivity contribution in [3.8, 4) is 0 Å². The highest BCUT2D eigenvalue weighted by molar-refractivity contribution is 7.89. The van der Waals surface area contributed by atoms with Crippen LogP contribution in [0.2, 0.25) is 0 Å². The standard InChI is InChI=1S/C31H31N3O5S/c35-31(32(24-27-12-6-2-7-13-27)22-20-26-10-4-1-5-11-26)21-23-33(25-28-14-8-3-9-15-28)40(38,39)30-18-16-29(17-19-30)34(36)37/h1-19H,20-25H2. The van der Waals surface area contributed by atoms with Crippen molar-refractivity contribution >= 4 is 21.6 Å². The van der Waals surface area contributed by atoms with Crippen LogP contribution >= 0.6 is 0 Å². The van der Waals surface area contributed by atoms with E-state index in [1.165, 1.54) is 28.6 Å². The third-order valence-corrected chi connectivity index (χ3v) is 8.40. The number of carbonyl (C=O) groups is 1. The first-order valence-electron chi connectivity index (χ1n) is 13.0. The van der Waals surface area contributed by atoms with E-state index in [9.17, 15) is 23.3 Å². The fraction of sp³-hybridized carbons (Fsp3) is 0.194. The molecule has 0 saturated heterocycles. The first-order valence-corrected chi connectivity index (χ1v) is 14.4. The fourth-order valence-corrected chi connectivity index (χ4v) is 5.77. The molecule has 0 aliphatic heterocycles. The molecule has 206 valence electrons. The Bertz CT molecular complexity index is 1500. The summed E-state index contributed by atoms with van der Waals surface area (Å²) < 4.78 is 28.5. The van der Waals surface area contributed by atoms with Crippen molar-refractivity contribution in [3.63, 3.8) is 0 Å². The predicted octanol–water partition coefficient (Wildman–Crippen LogP) is 5.45.